The van der Waals surface area contributed by atoms with Gasteiger partial charge in [-0.25, -0.2) is 0 Å². The molecule has 4 heteroatoms. The Bertz CT molecular complexity index is 206. The maximum Gasteiger partial charge on any atom is 0.281 e. The number of amides is 1. The largest absolute Gasteiger partial charge is 0.333 e. The predicted octanol–water partition coefficient (Wildman–Crippen LogP) is 1.91. The minimum absolute atomic E-state index is 0.197. The molecule has 0 aromatic carbocycles. The SMILES string of the molecule is CC(=O)CCCCN1CCSC1=O. The van der Waals surface area contributed by atoms with Gasteiger partial charge in [0.1, 0.15) is 5.78 Å². The molecule has 0 bridgehead atoms. The number of Topliss-reactive ketones (excluding diaryl/α,β-unsaturated/α-hetero) is 1. The average molecular weight is 201 g/mol. The molecular weight excluding hydrogens is 186 g/mol. The van der Waals surface area contributed by atoms with Gasteiger partial charge in [0.2, 0.25) is 0 Å². The number of hydrogen-bond acceptors (Lipinski definition) is 3. The highest BCUT2D eigenvalue weighted by molar-refractivity contribution is 8.13. The first-order valence-electron chi connectivity index (χ1n) is 4.61. The smallest absolute Gasteiger partial charge is 0.281 e. The van der Waals surface area contributed by atoms with Crippen LogP contribution in [-0.2, 0) is 4.79 Å². The molecule has 1 aliphatic heterocycles. The normalized spacial score (nSPS) is 16.7. The van der Waals surface area contributed by atoms with Crippen LogP contribution in [0.4, 0.5) is 4.79 Å². The molecule has 0 atom stereocenters. The molecule has 0 aromatic heterocycles. The van der Waals surface area contributed by atoms with Crippen molar-refractivity contribution in [3.05, 3.63) is 0 Å². The molecule has 1 rings (SSSR count). The average Bonchev–Trinajstić information content (AvgIpc) is 2.45. The lowest BCUT2D eigenvalue weighted by molar-refractivity contribution is -0.117. The Labute approximate surface area is 82.9 Å². The summed E-state index contributed by atoms with van der Waals surface area (Å²) in [5.74, 6) is 1.16. The Balaban J connectivity index is 2.05. The number of nitrogens with zero attached hydrogens (tertiary/aromatic N) is 1. The highest BCUT2D eigenvalue weighted by Gasteiger charge is 2.19. The molecule has 0 unspecified atom stereocenters. The quantitative estimate of drug-likeness (QED) is 0.638. The van der Waals surface area contributed by atoms with E-state index in [0.717, 1.165) is 31.7 Å². The first kappa shape index (κ1) is 10.6. The van der Waals surface area contributed by atoms with Gasteiger partial charge in [0.05, 0.1) is 0 Å². The van der Waals surface area contributed by atoms with Gasteiger partial charge in [-0.15, -0.1) is 0 Å². The molecule has 74 valence electrons. The molecule has 1 heterocycles. The number of carbonyl (C=O) groups excluding carboxylic acids is 2. The summed E-state index contributed by atoms with van der Waals surface area (Å²) in [5.41, 5.74) is 0. The summed E-state index contributed by atoms with van der Waals surface area (Å²) in [6, 6.07) is 0. The molecule has 0 aromatic rings. The van der Waals surface area contributed by atoms with Crippen molar-refractivity contribution in [2.24, 2.45) is 0 Å². The van der Waals surface area contributed by atoms with Crippen LogP contribution < -0.4 is 0 Å². The van der Waals surface area contributed by atoms with Crippen molar-refractivity contribution in [1.82, 2.24) is 4.90 Å². The van der Waals surface area contributed by atoms with Crippen LogP contribution in [0.3, 0.4) is 0 Å². The Hall–Kier alpha value is -0.510. The van der Waals surface area contributed by atoms with E-state index in [-0.39, 0.29) is 11.0 Å². The van der Waals surface area contributed by atoms with Crippen LogP contribution in [0, 0.1) is 0 Å². The molecule has 13 heavy (non-hydrogen) atoms. The van der Waals surface area contributed by atoms with Crippen molar-refractivity contribution < 1.29 is 9.59 Å². The molecule has 1 aliphatic rings. The Morgan fingerprint density at radius 3 is 2.85 bits per heavy atom. The van der Waals surface area contributed by atoms with Gasteiger partial charge in [-0.2, -0.15) is 0 Å². The Morgan fingerprint density at radius 1 is 1.54 bits per heavy atom. The summed E-state index contributed by atoms with van der Waals surface area (Å²) in [7, 11) is 0. The third-order valence-electron chi connectivity index (χ3n) is 2.05. The van der Waals surface area contributed by atoms with Crippen molar-refractivity contribution in [2.75, 3.05) is 18.8 Å². The first-order chi connectivity index (χ1) is 6.20. The molecule has 0 aliphatic carbocycles. The second-order valence-corrected chi connectivity index (χ2v) is 4.31. The fraction of sp³-hybridized carbons (Fsp3) is 0.778. The lowest BCUT2D eigenvalue weighted by Crippen LogP contribution is -2.24. The van der Waals surface area contributed by atoms with Crippen molar-refractivity contribution in [2.45, 2.75) is 26.2 Å². The van der Waals surface area contributed by atoms with E-state index in [4.69, 9.17) is 0 Å². The minimum Gasteiger partial charge on any atom is -0.333 e. The summed E-state index contributed by atoms with van der Waals surface area (Å²) in [6.45, 7) is 3.31. The van der Waals surface area contributed by atoms with Crippen molar-refractivity contribution >= 4 is 22.8 Å². The van der Waals surface area contributed by atoms with E-state index >= 15 is 0 Å². The van der Waals surface area contributed by atoms with Crippen LogP contribution in [0.25, 0.3) is 0 Å². The maximum atomic E-state index is 11.1. The van der Waals surface area contributed by atoms with E-state index in [1.165, 1.54) is 11.8 Å². The summed E-state index contributed by atoms with van der Waals surface area (Å²) in [6.07, 6.45) is 2.50. The number of hydrogen-bond donors (Lipinski definition) is 0. The molecule has 1 amide bonds. The zero-order valence-corrected chi connectivity index (χ0v) is 8.73. The molecule has 0 N–H and O–H groups in total. The third kappa shape index (κ3) is 3.81. The van der Waals surface area contributed by atoms with Gasteiger partial charge in [-0.3, -0.25) is 4.79 Å². The van der Waals surface area contributed by atoms with Crippen molar-refractivity contribution in [3.8, 4) is 0 Å². The predicted molar refractivity (Wildman–Crippen MR) is 54.0 cm³/mol. The number of carbonyl (C=O) groups is 2. The second-order valence-electron chi connectivity index (χ2n) is 3.26. The van der Waals surface area contributed by atoms with Gasteiger partial charge in [0.15, 0.2) is 0 Å². The van der Waals surface area contributed by atoms with E-state index in [2.05, 4.69) is 0 Å². The Morgan fingerprint density at radius 2 is 2.31 bits per heavy atom. The van der Waals surface area contributed by atoms with Gasteiger partial charge >= 0.3 is 0 Å². The van der Waals surface area contributed by atoms with Gasteiger partial charge in [-0.05, 0) is 19.8 Å². The zero-order valence-electron chi connectivity index (χ0n) is 7.91. The Kier molecular flexibility index (Phi) is 4.28. The van der Waals surface area contributed by atoms with Gasteiger partial charge in [0.25, 0.3) is 5.24 Å². The molecule has 1 fully saturated rings. The van der Waals surface area contributed by atoms with Crippen molar-refractivity contribution in [1.29, 1.82) is 0 Å². The van der Waals surface area contributed by atoms with Crippen LogP contribution in [0.15, 0.2) is 0 Å². The fourth-order valence-electron chi connectivity index (χ4n) is 1.31. The van der Waals surface area contributed by atoms with Gasteiger partial charge in [0, 0.05) is 25.3 Å². The molecule has 0 spiro atoms. The van der Waals surface area contributed by atoms with Gasteiger partial charge < -0.3 is 9.69 Å². The lowest BCUT2D eigenvalue weighted by Gasteiger charge is -2.13. The number of rotatable bonds is 5. The van der Waals surface area contributed by atoms with Crippen LogP contribution in [0.1, 0.15) is 26.2 Å². The van der Waals surface area contributed by atoms with Gasteiger partial charge in [-0.1, -0.05) is 11.8 Å². The van der Waals surface area contributed by atoms with Crippen molar-refractivity contribution in [3.63, 3.8) is 0 Å². The highest BCUT2D eigenvalue weighted by Crippen LogP contribution is 2.17. The van der Waals surface area contributed by atoms with E-state index < -0.39 is 0 Å². The van der Waals surface area contributed by atoms with E-state index in [1.54, 1.807) is 6.92 Å². The number of thioether (sulfide) groups is 1. The molecule has 3 nitrogen and oxygen atoms in total. The summed E-state index contributed by atoms with van der Waals surface area (Å²) in [5, 5.41) is 0.197. The van der Waals surface area contributed by atoms with E-state index in [9.17, 15) is 9.59 Å². The van der Waals surface area contributed by atoms with E-state index in [1.807, 2.05) is 4.90 Å². The first-order valence-corrected chi connectivity index (χ1v) is 5.60. The maximum absolute atomic E-state index is 11.1. The lowest BCUT2D eigenvalue weighted by atomic mass is 10.2. The minimum atomic E-state index is 0.197. The third-order valence-corrected chi connectivity index (χ3v) is 2.94. The molecule has 0 radical (unpaired) electrons. The molecule has 0 saturated carbocycles. The summed E-state index contributed by atoms with van der Waals surface area (Å²) >= 11 is 1.39. The van der Waals surface area contributed by atoms with E-state index in [0.29, 0.717) is 6.42 Å². The number of ketones is 1. The molecular formula is C9H15NO2S. The highest BCUT2D eigenvalue weighted by atomic mass is 32.2. The number of unbranched alkanes of at least 4 members (excludes halogenated alkanes) is 1. The van der Waals surface area contributed by atoms with Crippen LogP contribution in [-0.4, -0.2) is 34.8 Å². The van der Waals surface area contributed by atoms with Crippen LogP contribution in [0.5, 0.6) is 0 Å². The standard InChI is InChI=1S/C9H15NO2S/c1-8(11)4-2-3-5-10-6-7-13-9(10)12/h2-7H2,1H3. The fourth-order valence-corrected chi connectivity index (χ4v) is 2.16. The molecule has 1 saturated heterocycles. The van der Waals surface area contributed by atoms with Crippen LogP contribution >= 0.6 is 11.8 Å². The zero-order chi connectivity index (χ0) is 9.68. The summed E-state index contributed by atoms with van der Waals surface area (Å²) < 4.78 is 0. The summed E-state index contributed by atoms with van der Waals surface area (Å²) in [4.78, 5) is 23.6. The topological polar surface area (TPSA) is 37.4 Å². The second kappa shape index (κ2) is 5.27. The van der Waals surface area contributed by atoms with Crippen LogP contribution in [0.2, 0.25) is 0 Å². The monoisotopic (exact) mass is 201 g/mol.